The summed E-state index contributed by atoms with van der Waals surface area (Å²) in [5, 5.41) is 2.71. The Balaban J connectivity index is 1.01. The number of alkyl carbamates (subject to hydrolysis) is 1. The highest BCUT2D eigenvalue weighted by atomic mass is 16.6. The summed E-state index contributed by atoms with van der Waals surface area (Å²) < 4.78 is 10.4. The van der Waals surface area contributed by atoms with Crippen molar-refractivity contribution in [2.24, 2.45) is 0 Å². The normalized spacial score (nSPS) is 17.8. The summed E-state index contributed by atoms with van der Waals surface area (Å²) in [7, 11) is 1.28. The van der Waals surface area contributed by atoms with Gasteiger partial charge >= 0.3 is 12.2 Å². The van der Waals surface area contributed by atoms with Gasteiger partial charge in [-0.1, -0.05) is 54.6 Å². The highest BCUT2D eigenvalue weighted by Crippen LogP contribution is 2.35. The average Bonchev–Trinajstić information content (AvgIpc) is 4.00. The Morgan fingerprint density at radius 2 is 1.34 bits per heavy atom. The molecular weight excluding hydrogens is 672 g/mol. The molecule has 0 spiro atoms. The number of rotatable bonds is 8. The zero-order chi connectivity index (χ0) is 37.1. The van der Waals surface area contributed by atoms with Crippen LogP contribution in [0.1, 0.15) is 81.8 Å². The number of methoxy groups -OCH3 is 1. The van der Waals surface area contributed by atoms with Crippen LogP contribution in [0, 0.1) is 0 Å². The zero-order valence-corrected chi connectivity index (χ0v) is 30.3. The number of imidazole rings is 2. The molecule has 53 heavy (non-hydrogen) atoms. The average molecular weight is 717 g/mol. The number of nitrogens with one attached hydrogen (secondary N) is 3. The van der Waals surface area contributed by atoms with Crippen LogP contribution >= 0.6 is 0 Å². The lowest BCUT2D eigenvalue weighted by molar-refractivity contribution is -0.134. The van der Waals surface area contributed by atoms with Gasteiger partial charge in [0.15, 0.2) is 0 Å². The topological polar surface area (TPSA) is 158 Å². The van der Waals surface area contributed by atoms with Gasteiger partial charge in [-0.05, 0) is 69.7 Å². The van der Waals surface area contributed by atoms with Gasteiger partial charge in [0.25, 0.3) is 5.91 Å². The van der Waals surface area contributed by atoms with Gasteiger partial charge < -0.3 is 29.7 Å². The quantitative estimate of drug-likeness (QED) is 0.150. The van der Waals surface area contributed by atoms with Crippen LogP contribution < -0.4 is 5.32 Å². The van der Waals surface area contributed by atoms with E-state index < -0.39 is 17.7 Å². The maximum absolute atomic E-state index is 13.8. The molecule has 0 saturated carbocycles. The molecule has 3 amide bonds. The zero-order valence-electron chi connectivity index (χ0n) is 30.3. The summed E-state index contributed by atoms with van der Waals surface area (Å²) in [5.74, 6) is 1.23. The molecule has 2 aliphatic rings. The van der Waals surface area contributed by atoms with Crippen molar-refractivity contribution < 1.29 is 23.9 Å². The lowest BCUT2D eigenvalue weighted by atomic mass is 10.0. The minimum absolute atomic E-state index is 0.155. The molecule has 0 unspecified atom stereocenters. The fraction of sp³-hybridized carbons (Fsp3) is 0.350. The van der Waals surface area contributed by atoms with E-state index in [2.05, 4.69) is 25.3 Å². The molecule has 274 valence electrons. The number of hydrogen-bond donors (Lipinski definition) is 3. The van der Waals surface area contributed by atoms with E-state index in [-0.39, 0.29) is 24.1 Å². The predicted molar refractivity (Wildman–Crippen MR) is 198 cm³/mol. The molecular formula is C40H44N8O5. The Bertz CT molecular complexity index is 2050. The molecule has 3 atom stereocenters. The highest BCUT2D eigenvalue weighted by molar-refractivity contribution is 5.87. The number of ether oxygens (including phenoxy) is 2. The SMILES string of the molecule is COC(=O)N[C@@H](C(=O)N1CCC[C@H]1c1ncc(-c2ccc(-c3ccc(-c4cnc([C@@H]5CCCN5C(=O)OC(C)(C)C)[nH]4)cn3)cc2)[nH]1)c1ccccc1. The first kappa shape index (κ1) is 35.4. The van der Waals surface area contributed by atoms with Crippen LogP contribution in [-0.4, -0.2) is 78.6 Å². The molecule has 13 heteroatoms. The molecule has 0 aliphatic carbocycles. The highest BCUT2D eigenvalue weighted by Gasteiger charge is 2.37. The summed E-state index contributed by atoms with van der Waals surface area (Å²) >= 11 is 0. The monoisotopic (exact) mass is 716 g/mol. The predicted octanol–water partition coefficient (Wildman–Crippen LogP) is 7.36. The van der Waals surface area contributed by atoms with E-state index >= 15 is 0 Å². The van der Waals surface area contributed by atoms with Gasteiger partial charge in [0, 0.05) is 30.4 Å². The third-order valence-corrected chi connectivity index (χ3v) is 9.63. The molecule has 5 heterocycles. The van der Waals surface area contributed by atoms with Crippen LogP contribution in [-0.2, 0) is 14.3 Å². The first-order valence-electron chi connectivity index (χ1n) is 17.9. The Hall–Kier alpha value is -5.98. The van der Waals surface area contributed by atoms with E-state index in [4.69, 9.17) is 14.5 Å². The lowest BCUT2D eigenvalue weighted by Crippen LogP contribution is -2.42. The Labute approximate surface area is 308 Å². The maximum atomic E-state index is 13.8. The third kappa shape index (κ3) is 7.79. The minimum atomic E-state index is -0.875. The van der Waals surface area contributed by atoms with Gasteiger partial charge in [-0.25, -0.2) is 19.6 Å². The van der Waals surface area contributed by atoms with E-state index in [0.717, 1.165) is 65.3 Å². The fourth-order valence-corrected chi connectivity index (χ4v) is 7.03. The molecule has 2 saturated heterocycles. The summed E-state index contributed by atoms with van der Waals surface area (Å²) in [6.07, 6.45) is 7.69. The van der Waals surface area contributed by atoms with Gasteiger partial charge in [-0.2, -0.15) is 0 Å². The van der Waals surface area contributed by atoms with Crippen LogP contribution in [0.4, 0.5) is 9.59 Å². The number of benzene rings is 2. The van der Waals surface area contributed by atoms with Crippen molar-refractivity contribution in [1.29, 1.82) is 0 Å². The molecule has 2 aromatic carbocycles. The molecule has 7 rings (SSSR count). The fourth-order valence-electron chi connectivity index (χ4n) is 7.03. The van der Waals surface area contributed by atoms with Gasteiger partial charge in [0.05, 0.1) is 48.7 Å². The molecule has 2 aliphatic heterocycles. The number of H-pyrrole nitrogens is 2. The van der Waals surface area contributed by atoms with Gasteiger partial charge in [-0.15, -0.1) is 0 Å². The summed E-state index contributed by atoms with van der Waals surface area (Å²) in [6.45, 7) is 6.80. The van der Waals surface area contributed by atoms with Crippen LogP contribution in [0.2, 0.25) is 0 Å². The number of carbonyl (C=O) groups excluding carboxylic acids is 3. The first-order chi connectivity index (χ1) is 25.6. The Kier molecular flexibility index (Phi) is 9.98. The second-order valence-electron chi connectivity index (χ2n) is 14.4. The standard InChI is InChI=1S/C40H44N8O5/c1-40(2,3)53-39(51)48-21-9-13-33(48)36-43-24-31(45-36)28-18-19-29(41-22-28)25-14-16-26(17-15-25)30-23-42-35(44-30)32-12-8-20-47(32)37(49)34(46-38(50)52-4)27-10-6-5-7-11-27/h5-7,10-11,14-19,22-24,32-34H,8-9,12-13,20-21H2,1-4H3,(H,42,44)(H,43,45)(H,46,50)/t32-,33-,34+/m0/s1. The van der Waals surface area contributed by atoms with Crippen LogP contribution in [0.5, 0.6) is 0 Å². The van der Waals surface area contributed by atoms with Gasteiger partial charge in [-0.3, -0.25) is 14.7 Å². The summed E-state index contributed by atoms with van der Waals surface area (Å²) in [6, 6.07) is 19.9. The number of aromatic amines is 2. The molecule has 13 nitrogen and oxygen atoms in total. The Morgan fingerprint density at radius 1 is 0.755 bits per heavy atom. The number of aromatic nitrogens is 5. The minimum Gasteiger partial charge on any atom is -0.453 e. The van der Waals surface area contributed by atoms with Crippen molar-refractivity contribution in [2.75, 3.05) is 20.2 Å². The first-order valence-corrected chi connectivity index (χ1v) is 17.9. The molecule has 5 aromatic rings. The number of nitrogens with zero attached hydrogens (tertiary/aromatic N) is 5. The molecule has 0 radical (unpaired) electrons. The van der Waals surface area contributed by atoms with E-state index in [1.807, 2.05) is 93.7 Å². The van der Waals surface area contributed by atoms with Crippen molar-refractivity contribution in [3.63, 3.8) is 0 Å². The summed E-state index contributed by atoms with van der Waals surface area (Å²) in [5.41, 5.74) is 5.42. The molecule has 3 aromatic heterocycles. The lowest BCUT2D eigenvalue weighted by Gasteiger charge is -2.28. The van der Waals surface area contributed by atoms with Crippen molar-refractivity contribution in [1.82, 2.24) is 40.0 Å². The maximum Gasteiger partial charge on any atom is 0.410 e. The van der Waals surface area contributed by atoms with Gasteiger partial charge in [0.2, 0.25) is 0 Å². The number of amides is 3. The van der Waals surface area contributed by atoms with Crippen LogP contribution in [0.15, 0.2) is 85.3 Å². The van der Waals surface area contributed by atoms with Crippen molar-refractivity contribution in [3.8, 4) is 33.8 Å². The van der Waals surface area contributed by atoms with E-state index in [0.29, 0.717) is 24.5 Å². The van der Waals surface area contributed by atoms with E-state index in [1.54, 1.807) is 22.2 Å². The summed E-state index contributed by atoms with van der Waals surface area (Å²) in [4.78, 5) is 63.2. The second-order valence-corrected chi connectivity index (χ2v) is 14.4. The molecule has 0 bridgehead atoms. The van der Waals surface area contributed by atoms with Crippen molar-refractivity contribution in [3.05, 3.63) is 103 Å². The third-order valence-electron chi connectivity index (χ3n) is 9.63. The Morgan fingerprint density at radius 3 is 1.94 bits per heavy atom. The van der Waals surface area contributed by atoms with Crippen LogP contribution in [0.3, 0.4) is 0 Å². The van der Waals surface area contributed by atoms with E-state index in [1.165, 1.54) is 7.11 Å². The number of pyridine rings is 1. The van der Waals surface area contributed by atoms with Gasteiger partial charge in [0.1, 0.15) is 23.3 Å². The second kappa shape index (κ2) is 14.9. The van der Waals surface area contributed by atoms with Crippen LogP contribution in [0.25, 0.3) is 33.8 Å². The largest absolute Gasteiger partial charge is 0.453 e. The number of likely N-dealkylation sites (tertiary alicyclic amines) is 2. The van der Waals surface area contributed by atoms with E-state index in [9.17, 15) is 14.4 Å². The molecule has 2 fully saturated rings. The smallest absolute Gasteiger partial charge is 0.410 e. The molecule has 3 N–H and O–H groups in total. The van der Waals surface area contributed by atoms with Crippen molar-refractivity contribution >= 4 is 18.1 Å². The number of hydrogen-bond acceptors (Lipinski definition) is 8. The number of carbonyl (C=O) groups is 3. The van der Waals surface area contributed by atoms with Crippen molar-refractivity contribution in [2.45, 2.75) is 70.2 Å².